The van der Waals surface area contributed by atoms with Crippen LogP contribution in [-0.2, 0) is 22.6 Å². The summed E-state index contributed by atoms with van der Waals surface area (Å²) in [6.07, 6.45) is 2.81. The van der Waals surface area contributed by atoms with Gasteiger partial charge in [-0.2, -0.15) is 0 Å². The average Bonchev–Trinajstić information content (AvgIpc) is 2.54. The summed E-state index contributed by atoms with van der Waals surface area (Å²) >= 11 is 0. The first-order chi connectivity index (χ1) is 13.3. The Kier molecular flexibility index (Phi) is 9.70. The van der Waals surface area contributed by atoms with Crippen LogP contribution < -0.4 is 4.74 Å². The molecule has 6 nitrogen and oxygen atoms in total. The van der Waals surface area contributed by atoms with E-state index >= 15 is 0 Å². The Morgan fingerprint density at radius 2 is 1.34 bits per heavy atom. The fourth-order valence-electron chi connectivity index (χ4n) is 2.81. The number of carbonyl (C=O) groups excluding carboxylic acids is 2. The van der Waals surface area contributed by atoms with Crippen LogP contribution in [0.4, 0.5) is 0 Å². The third-order valence-electron chi connectivity index (χ3n) is 3.38. The van der Waals surface area contributed by atoms with Crippen LogP contribution in [0.25, 0.3) is 0 Å². The summed E-state index contributed by atoms with van der Waals surface area (Å²) < 4.78 is 23.1. The van der Waals surface area contributed by atoms with Gasteiger partial charge in [-0.3, -0.25) is 0 Å². The molecule has 162 valence electrons. The van der Waals surface area contributed by atoms with E-state index < -0.39 is 37.1 Å². The summed E-state index contributed by atoms with van der Waals surface area (Å²) in [4.78, 5) is 23.5. The zero-order valence-electron chi connectivity index (χ0n) is 18.6. The molecule has 0 saturated carbocycles. The van der Waals surface area contributed by atoms with Crippen molar-refractivity contribution in [2.75, 3.05) is 6.61 Å². The highest BCUT2D eigenvalue weighted by Gasteiger charge is 2.39. The maximum absolute atomic E-state index is 11.8. The number of esters is 2. The summed E-state index contributed by atoms with van der Waals surface area (Å²) in [7, 11) is -5.82. The number of para-hydroxylation sites is 1. The lowest BCUT2D eigenvalue weighted by molar-refractivity contribution is -0.138. The molecule has 0 radical (unpaired) electrons. The number of hydrogen-bond acceptors (Lipinski definition) is 6. The van der Waals surface area contributed by atoms with Gasteiger partial charge in [0.1, 0.15) is 5.75 Å². The molecule has 0 N–H and O–H groups in total. The topological polar surface area (TPSA) is 71.1 Å². The molecule has 29 heavy (non-hydrogen) atoms. The molecule has 0 spiro atoms. The fourth-order valence-corrected chi connectivity index (χ4v) is 15.3. The van der Waals surface area contributed by atoms with Crippen molar-refractivity contribution in [1.29, 1.82) is 0 Å². The van der Waals surface area contributed by atoms with Gasteiger partial charge in [0, 0.05) is 12.2 Å². The molecule has 0 bridgehead atoms. The molecular weight excluding hydrogens is 420 g/mol. The molecular formula is C20H34O6Si3. The van der Waals surface area contributed by atoms with Crippen molar-refractivity contribution in [2.45, 2.75) is 58.3 Å². The Labute approximate surface area is 177 Å². The third-order valence-corrected chi connectivity index (χ3v) is 13.0. The zero-order valence-corrected chi connectivity index (χ0v) is 21.6. The zero-order chi connectivity index (χ0) is 22.1. The first-order valence-corrected chi connectivity index (χ1v) is 19.1. The van der Waals surface area contributed by atoms with E-state index in [2.05, 4.69) is 45.8 Å². The molecule has 0 amide bonds. The van der Waals surface area contributed by atoms with Crippen molar-refractivity contribution < 1.29 is 27.3 Å². The largest absolute Gasteiger partial charge is 0.463 e. The Morgan fingerprint density at radius 3 is 1.86 bits per heavy atom. The molecule has 1 rings (SSSR count). The molecule has 0 unspecified atom stereocenters. The van der Waals surface area contributed by atoms with E-state index in [0.717, 1.165) is 18.2 Å². The molecule has 0 atom stereocenters. The summed E-state index contributed by atoms with van der Waals surface area (Å²) in [6, 6.07) is 9.42. The van der Waals surface area contributed by atoms with E-state index in [9.17, 15) is 9.59 Å². The van der Waals surface area contributed by atoms with Crippen molar-refractivity contribution in [3.05, 3.63) is 42.5 Å². The number of ether oxygens (including phenoxy) is 2. The smallest absolute Gasteiger partial charge is 0.336 e. The van der Waals surface area contributed by atoms with Gasteiger partial charge in [0.05, 0.1) is 6.61 Å². The molecule has 9 heteroatoms. The van der Waals surface area contributed by atoms with E-state index in [1.807, 2.05) is 6.07 Å². The standard InChI is InChI=1S/C20H34O6Si3/c1-27(2,3)25-29(7,26-28(4,5)6)17-11-16-23-19(21)14-15-20(22)24-18-12-9-8-10-13-18/h8-10,12-15H,11,16-17H2,1-7H3/b15-14+. The van der Waals surface area contributed by atoms with Crippen molar-refractivity contribution in [3.8, 4) is 5.75 Å². The maximum Gasteiger partial charge on any atom is 0.336 e. The van der Waals surface area contributed by atoms with Gasteiger partial charge in [-0.05, 0) is 70.4 Å². The molecule has 1 aromatic rings. The molecule has 0 heterocycles. The van der Waals surface area contributed by atoms with Crippen molar-refractivity contribution in [1.82, 2.24) is 0 Å². The van der Waals surface area contributed by atoms with Gasteiger partial charge in [-0.1, -0.05) is 18.2 Å². The minimum atomic E-state index is -2.33. The SMILES string of the molecule is C[Si](C)(C)O[Si](C)(CCCOC(=O)/C=C/C(=O)Oc1ccccc1)O[Si](C)(C)C. The second-order valence-corrected chi connectivity index (χ2v) is 21.8. The van der Waals surface area contributed by atoms with E-state index in [1.54, 1.807) is 24.3 Å². The van der Waals surface area contributed by atoms with E-state index in [4.69, 9.17) is 17.7 Å². The van der Waals surface area contributed by atoms with Gasteiger partial charge >= 0.3 is 20.5 Å². The molecule has 0 saturated heterocycles. The number of benzene rings is 1. The monoisotopic (exact) mass is 454 g/mol. The summed E-state index contributed by atoms with van der Waals surface area (Å²) in [5.74, 6) is -0.777. The van der Waals surface area contributed by atoms with Gasteiger partial charge in [-0.15, -0.1) is 0 Å². The van der Waals surface area contributed by atoms with Gasteiger partial charge in [0.25, 0.3) is 0 Å². The van der Waals surface area contributed by atoms with Crippen LogP contribution in [0.2, 0.25) is 51.9 Å². The Morgan fingerprint density at radius 1 is 0.828 bits per heavy atom. The van der Waals surface area contributed by atoms with Crippen LogP contribution in [0.1, 0.15) is 6.42 Å². The van der Waals surface area contributed by atoms with Crippen LogP contribution in [-0.4, -0.2) is 43.7 Å². The van der Waals surface area contributed by atoms with Crippen molar-refractivity contribution in [3.63, 3.8) is 0 Å². The quantitative estimate of drug-likeness (QED) is 0.156. The van der Waals surface area contributed by atoms with E-state index in [0.29, 0.717) is 12.2 Å². The molecule has 0 fully saturated rings. The average molecular weight is 455 g/mol. The van der Waals surface area contributed by atoms with Gasteiger partial charge in [0.15, 0.2) is 16.6 Å². The second kappa shape index (κ2) is 11.0. The molecule has 0 aromatic heterocycles. The first kappa shape index (κ1) is 25.5. The lowest BCUT2D eigenvalue weighted by Crippen LogP contribution is -2.52. The minimum Gasteiger partial charge on any atom is -0.463 e. The van der Waals surface area contributed by atoms with Gasteiger partial charge < -0.3 is 17.7 Å². The molecule has 0 aliphatic heterocycles. The molecule has 0 aliphatic carbocycles. The predicted molar refractivity (Wildman–Crippen MR) is 122 cm³/mol. The van der Waals surface area contributed by atoms with Crippen LogP contribution in [0.5, 0.6) is 5.75 Å². The Balaban J connectivity index is 2.45. The summed E-state index contributed by atoms with van der Waals surface area (Å²) in [6.45, 7) is 15.3. The summed E-state index contributed by atoms with van der Waals surface area (Å²) in [5, 5.41) is 0. The van der Waals surface area contributed by atoms with E-state index in [-0.39, 0.29) is 6.61 Å². The molecule has 0 aliphatic rings. The fraction of sp³-hybridized carbons (Fsp3) is 0.500. The van der Waals surface area contributed by atoms with Crippen LogP contribution >= 0.6 is 0 Å². The van der Waals surface area contributed by atoms with E-state index in [1.165, 1.54) is 0 Å². The highest BCUT2D eigenvalue weighted by Crippen LogP contribution is 2.25. The van der Waals surface area contributed by atoms with Gasteiger partial charge in [-0.25, -0.2) is 9.59 Å². The summed E-state index contributed by atoms with van der Waals surface area (Å²) in [5.41, 5.74) is 0. The molecule has 1 aromatic carbocycles. The van der Waals surface area contributed by atoms with Crippen LogP contribution in [0.3, 0.4) is 0 Å². The second-order valence-electron chi connectivity index (χ2n) is 8.90. The maximum atomic E-state index is 11.8. The predicted octanol–water partition coefficient (Wildman–Crippen LogP) is 4.86. The number of hydrogen-bond donors (Lipinski definition) is 0. The number of carbonyl (C=O) groups is 2. The normalized spacial score (nSPS) is 12.8. The van der Waals surface area contributed by atoms with Crippen molar-refractivity contribution in [2.24, 2.45) is 0 Å². The van der Waals surface area contributed by atoms with Gasteiger partial charge in [0.2, 0.25) is 0 Å². The Bertz CT molecular complexity index is 676. The Hall–Kier alpha value is -1.53. The van der Waals surface area contributed by atoms with Crippen molar-refractivity contribution >= 4 is 37.1 Å². The van der Waals surface area contributed by atoms with Crippen LogP contribution in [0.15, 0.2) is 42.5 Å². The van der Waals surface area contributed by atoms with Crippen LogP contribution in [0, 0.1) is 0 Å². The minimum absolute atomic E-state index is 0.254. The highest BCUT2D eigenvalue weighted by molar-refractivity contribution is 6.87. The highest BCUT2D eigenvalue weighted by atomic mass is 28.5. The number of rotatable bonds is 11. The lowest BCUT2D eigenvalue weighted by Gasteiger charge is -2.38. The first-order valence-electron chi connectivity index (χ1n) is 9.80. The third kappa shape index (κ3) is 12.6. The lowest BCUT2D eigenvalue weighted by atomic mass is 10.3.